The normalized spacial score (nSPS) is 22.1. The minimum absolute atomic E-state index is 0.239. The zero-order valence-electron chi connectivity index (χ0n) is 13.3. The summed E-state index contributed by atoms with van der Waals surface area (Å²) in [6.07, 6.45) is -4.30. The summed E-state index contributed by atoms with van der Waals surface area (Å²) >= 11 is 0. The minimum Gasteiger partial charge on any atom is -0.310 e. The lowest BCUT2D eigenvalue weighted by Crippen LogP contribution is -2.25. The molecule has 0 bridgehead atoms. The van der Waals surface area contributed by atoms with Crippen LogP contribution >= 0.6 is 0 Å². The molecule has 1 aliphatic carbocycles. The van der Waals surface area contributed by atoms with Gasteiger partial charge in [0.25, 0.3) is 0 Å². The Morgan fingerprint density at radius 2 is 1.62 bits per heavy atom. The first-order valence-electron chi connectivity index (χ1n) is 7.39. The third kappa shape index (κ3) is 2.83. The molecule has 0 aliphatic heterocycles. The van der Waals surface area contributed by atoms with Gasteiger partial charge in [0.1, 0.15) is 0 Å². The summed E-state index contributed by atoms with van der Waals surface area (Å²) in [7, 11) is 0. The summed E-state index contributed by atoms with van der Waals surface area (Å²) in [5.41, 5.74) is 0.257. The summed E-state index contributed by atoms with van der Waals surface area (Å²) < 4.78 is 39.1. The van der Waals surface area contributed by atoms with Gasteiger partial charge in [0.2, 0.25) is 0 Å². The van der Waals surface area contributed by atoms with Crippen molar-refractivity contribution in [1.29, 1.82) is 0 Å². The summed E-state index contributed by atoms with van der Waals surface area (Å²) in [6, 6.07) is 5.50. The van der Waals surface area contributed by atoms with Crippen LogP contribution in [0, 0.1) is 16.7 Å². The summed E-state index contributed by atoms with van der Waals surface area (Å²) in [4.78, 5) is 0. The van der Waals surface area contributed by atoms with E-state index in [0.717, 1.165) is 12.6 Å². The molecular weight excluding hydrogens is 275 g/mol. The molecule has 1 nitrogen and oxygen atoms in total. The summed E-state index contributed by atoms with van der Waals surface area (Å²) in [5, 5.41) is 3.28. The predicted molar refractivity (Wildman–Crippen MR) is 78.9 cm³/mol. The standard InChI is InChI=1S/C17H24F3N/c1-11(21-10-14-15(2,3)16(14,4)5)12-8-6-7-9-13(12)17(18,19)20/h6-9,11,14,21H,10H2,1-5H3. The number of benzene rings is 1. The fourth-order valence-electron chi connectivity index (χ4n) is 3.38. The molecule has 0 radical (unpaired) electrons. The maximum absolute atomic E-state index is 13.0. The van der Waals surface area contributed by atoms with E-state index >= 15 is 0 Å². The molecule has 1 unspecified atom stereocenters. The SMILES string of the molecule is CC(NCC1C(C)(C)C1(C)C)c1ccccc1C(F)(F)F. The third-order valence-corrected chi connectivity index (χ3v) is 5.68. The highest BCUT2D eigenvalue weighted by atomic mass is 19.4. The number of halogens is 3. The summed E-state index contributed by atoms with van der Waals surface area (Å²) in [6.45, 7) is 11.4. The number of hydrogen-bond donors (Lipinski definition) is 1. The average molecular weight is 299 g/mol. The van der Waals surface area contributed by atoms with E-state index < -0.39 is 11.7 Å². The Morgan fingerprint density at radius 3 is 2.10 bits per heavy atom. The van der Waals surface area contributed by atoms with Crippen molar-refractivity contribution in [3.05, 3.63) is 35.4 Å². The van der Waals surface area contributed by atoms with Gasteiger partial charge in [-0.15, -0.1) is 0 Å². The van der Waals surface area contributed by atoms with Crippen LogP contribution in [-0.4, -0.2) is 6.54 Å². The summed E-state index contributed by atoms with van der Waals surface area (Å²) in [5.74, 6) is 0.491. The van der Waals surface area contributed by atoms with Crippen molar-refractivity contribution >= 4 is 0 Å². The second kappa shape index (κ2) is 5.01. The predicted octanol–water partition coefficient (Wildman–Crippen LogP) is 5.04. The highest BCUT2D eigenvalue weighted by molar-refractivity contribution is 5.32. The molecule has 1 aromatic rings. The lowest BCUT2D eigenvalue weighted by Gasteiger charge is -2.20. The van der Waals surface area contributed by atoms with E-state index in [1.54, 1.807) is 19.1 Å². The van der Waals surface area contributed by atoms with Crippen LogP contribution in [0.15, 0.2) is 24.3 Å². The Morgan fingerprint density at radius 1 is 1.10 bits per heavy atom. The molecule has 0 spiro atoms. The first-order valence-corrected chi connectivity index (χ1v) is 7.39. The van der Waals surface area contributed by atoms with Gasteiger partial charge in [-0.3, -0.25) is 0 Å². The second-order valence-corrected chi connectivity index (χ2v) is 7.21. The van der Waals surface area contributed by atoms with Gasteiger partial charge in [0, 0.05) is 6.04 Å². The van der Waals surface area contributed by atoms with Crippen LogP contribution in [0.4, 0.5) is 13.2 Å². The Bertz CT molecular complexity index is 503. The molecular formula is C17H24F3N. The van der Waals surface area contributed by atoms with Crippen LogP contribution in [0.1, 0.15) is 51.8 Å². The monoisotopic (exact) mass is 299 g/mol. The highest BCUT2D eigenvalue weighted by Crippen LogP contribution is 2.68. The first kappa shape index (κ1) is 16.3. The van der Waals surface area contributed by atoms with Crippen molar-refractivity contribution in [3.8, 4) is 0 Å². The third-order valence-electron chi connectivity index (χ3n) is 5.68. The van der Waals surface area contributed by atoms with E-state index in [0.29, 0.717) is 11.5 Å². The van der Waals surface area contributed by atoms with Crippen molar-refractivity contribution in [2.24, 2.45) is 16.7 Å². The van der Waals surface area contributed by atoms with Crippen LogP contribution in [0.25, 0.3) is 0 Å². The molecule has 21 heavy (non-hydrogen) atoms. The number of hydrogen-bond acceptors (Lipinski definition) is 1. The van der Waals surface area contributed by atoms with Gasteiger partial charge < -0.3 is 5.32 Å². The van der Waals surface area contributed by atoms with E-state index in [-0.39, 0.29) is 16.9 Å². The van der Waals surface area contributed by atoms with Crippen LogP contribution in [0.2, 0.25) is 0 Å². The van der Waals surface area contributed by atoms with Crippen LogP contribution < -0.4 is 5.32 Å². The molecule has 0 heterocycles. The first-order chi connectivity index (χ1) is 9.49. The van der Waals surface area contributed by atoms with Crippen LogP contribution in [0.5, 0.6) is 0 Å². The Hall–Kier alpha value is -1.03. The molecule has 0 aromatic heterocycles. The van der Waals surface area contributed by atoms with Gasteiger partial charge in [-0.1, -0.05) is 45.9 Å². The zero-order chi connectivity index (χ0) is 16.1. The van der Waals surface area contributed by atoms with E-state index in [1.165, 1.54) is 6.07 Å². The fourth-order valence-corrected chi connectivity index (χ4v) is 3.38. The largest absolute Gasteiger partial charge is 0.416 e. The molecule has 1 aliphatic rings. The highest BCUT2D eigenvalue weighted by Gasteiger charge is 2.63. The number of nitrogens with one attached hydrogen (secondary N) is 1. The number of rotatable bonds is 4. The molecule has 1 aromatic carbocycles. The Labute approximate surface area is 124 Å². The maximum Gasteiger partial charge on any atom is 0.416 e. The van der Waals surface area contributed by atoms with Crippen molar-refractivity contribution in [1.82, 2.24) is 5.32 Å². The number of alkyl halides is 3. The molecule has 1 saturated carbocycles. The fraction of sp³-hybridized carbons (Fsp3) is 0.647. The van der Waals surface area contributed by atoms with E-state index in [9.17, 15) is 13.2 Å². The van der Waals surface area contributed by atoms with Gasteiger partial charge in [-0.2, -0.15) is 13.2 Å². The minimum atomic E-state index is -4.30. The molecule has 1 N–H and O–H groups in total. The van der Waals surface area contributed by atoms with Crippen molar-refractivity contribution in [2.45, 2.75) is 46.8 Å². The Balaban J connectivity index is 2.07. The van der Waals surface area contributed by atoms with Crippen molar-refractivity contribution in [2.75, 3.05) is 6.54 Å². The van der Waals surface area contributed by atoms with E-state index in [4.69, 9.17) is 0 Å². The van der Waals surface area contributed by atoms with Gasteiger partial charge in [0.05, 0.1) is 5.56 Å². The van der Waals surface area contributed by atoms with Gasteiger partial charge >= 0.3 is 6.18 Å². The molecule has 1 fully saturated rings. The van der Waals surface area contributed by atoms with E-state index in [2.05, 4.69) is 33.0 Å². The molecule has 1 atom stereocenters. The molecule has 0 saturated heterocycles. The van der Waals surface area contributed by atoms with Crippen molar-refractivity contribution < 1.29 is 13.2 Å². The van der Waals surface area contributed by atoms with Crippen LogP contribution in [0.3, 0.4) is 0 Å². The zero-order valence-corrected chi connectivity index (χ0v) is 13.3. The van der Waals surface area contributed by atoms with Gasteiger partial charge in [-0.25, -0.2) is 0 Å². The molecule has 2 rings (SSSR count). The molecule has 4 heteroatoms. The molecule has 0 amide bonds. The van der Waals surface area contributed by atoms with Gasteiger partial charge in [-0.05, 0) is 41.8 Å². The lowest BCUT2D eigenvalue weighted by molar-refractivity contribution is -0.138. The topological polar surface area (TPSA) is 12.0 Å². The second-order valence-electron chi connectivity index (χ2n) is 7.21. The van der Waals surface area contributed by atoms with Crippen molar-refractivity contribution in [3.63, 3.8) is 0 Å². The van der Waals surface area contributed by atoms with Crippen LogP contribution in [-0.2, 0) is 6.18 Å². The Kier molecular flexibility index (Phi) is 3.90. The van der Waals surface area contributed by atoms with E-state index in [1.807, 2.05) is 0 Å². The maximum atomic E-state index is 13.0. The quantitative estimate of drug-likeness (QED) is 0.821. The average Bonchev–Trinajstić information content (AvgIpc) is 2.76. The lowest BCUT2D eigenvalue weighted by atomic mass is 10.0. The molecule has 118 valence electrons. The smallest absolute Gasteiger partial charge is 0.310 e. The van der Waals surface area contributed by atoms with Gasteiger partial charge in [0.15, 0.2) is 0 Å².